The van der Waals surface area contributed by atoms with Crippen molar-refractivity contribution in [1.29, 1.82) is 0 Å². The predicted molar refractivity (Wildman–Crippen MR) is 359 cm³/mol. The van der Waals surface area contributed by atoms with Gasteiger partial charge in [-0.3, -0.25) is 9.59 Å². The summed E-state index contributed by atoms with van der Waals surface area (Å²) in [5.41, 5.74) is 0.842. The number of rotatable bonds is 38. The summed E-state index contributed by atoms with van der Waals surface area (Å²) in [6.07, 6.45) is 9.71. The number of aliphatic hydroxyl groups excluding tert-OH is 2. The summed E-state index contributed by atoms with van der Waals surface area (Å²) in [5, 5.41) is 23.8. The van der Waals surface area contributed by atoms with Crippen molar-refractivity contribution in [1.82, 2.24) is 0 Å². The molecule has 0 bridgehead atoms. The zero-order valence-electron chi connectivity index (χ0n) is 57.9. The Labute approximate surface area is 518 Å². The first-order valence-electron chi connectivity index (χ1n) is 33.7. The molecule has 1 rings (SSSR count). The molecule has 0 aromatic carbocycles. The standard InChI is InChI=1S/C68H128O12Si4/c1-25-57(55(23)77-83(33-9,34-10)47(13)14)61(71)45-59(69)51(19)67(79-81(27-3,28-4)29-5)53(21)65-49(17)41-37-39-44-64(74)76-66(50(18)42-38-40-43-63(73)75-65)54(22)68(80-82(30-6,31-7)32-8)52(20)60(70)46-62(72)58(26-2)56(24)78-84(35-11,36-12)48(15)16/h37-44,47-58,61-62,65-68,71-72H,25-36,45-46H2,1-24H3/b41-37+,42-38+,43-40+,44-39+/t49-,50-,51+,52+,53+,54+,55+,56+,57+,58+,61+,62+,65-,66-,67-,68-/m0/s1. The first kappa shape index (κ1) is 79.9. The Morgan fingerprint density at radius 3 is 0.988 bits per heavy atom. The Morgan fingerprint density at radius 2 is 0.750 bits per heavy atom. The minimum absolute atomic E-state index is 0.0390. The van der Waals surface area contributed by atoms with Gasteiger partial charge in [-0.05, 0) is 98.2 Å². The summed E-state index contributed by atoms with van der Waals surface area (Å²) in [7, 11) is -8.88. The Bertz CT molecular complexity index is 1880. The molecule has 0 unspecified atom stereocenters. The SMILES string of the molecule is CC[C@@H]([C@H](O)CC(=O)[C@@H](C)[C@H](O[Si](CC)(CC)CC)[C@H](C)[C@H]1OC(=O)/C=C/C=C/[C@H](C)[C@@H]([C@@H](C)[C@@H](O[Si](CC)(CC)CC)[C@H](C)C(=O)C[C@@H](O)[C@H](CC)[C@@H](C)O[Si](CC)(CC)C(C)C)OC(=O)/C=C/C=C/[C@@H]1C)[C@@H](C)O[Si](CC)(CC)C(C)C. The van der Waals surface area contributed by atoms with Gasteiger partial charge in [0.1, 0.15) is 23.8 Å². The van der Waals surface area contributed by atoms with Crippen LogP contribution >= 0.6 is 0 Å². The molecule has 84 heavy (non-hydrogen) atoms. The number of esters is 2. The molecular weight excluding hydrogens is 1120 g/mol. The molecule has 0 saturated carbocycles. The number of cyclic esters (lactones) is 2. The van der Waals surface area contributed by atoms with Gasteiger partial charge in [0.25, 0.3) is 0 Å². The molecule has 0 saturated heterocycles. The van der Waals surface area contributed by atoms with Gasteiger partial charge in [-0.1, -0.05) is 189 Å². The molecule has 0 aromatic rings. The molecule has 1 heterocycles. The van der Waals surface area contributed by atoms with Gasteiger partial charge in [0.05, 0.1) is 24.4 Å². The summed E-state index contributed by atoms with van der Waals surface area (Å²) >= 11 is 0. The molecule has 16 heteroatoms. The van der Waals surface area contributed by atoms with Gasteiger partial charge < -0.3 is 37.4 Å². The summed E-state index contributed by atoms with van der Waals surface area (Å²) in [5.74, 6) is -4.68. The lowest BCUT2D eigenvalue weighted by molar-refractivity contribution is -0.152. The third-order valence-corrected chi connectivity index (χ3v) is 41.0. The van der Waals surface area contributed by atoms with Crippen LogP contribution < -0.4 is 0 Å². The molecule has 2 N–H and O–H groups in total. The third kappa shape index (κ3) is 22.1. The van der Waals surface area contributed by atoms with Crippen LogP contribution in [0.3, 0.4) is 0 Å². The molecule has 0 aliphatic carbocycles. The van der Waals surface area contributed by atoms with E-state index in [0.717, 1.165) is 60.4 Å². The maximum absolute atomic E-state index is 14.7. The zero-order valence-corrected chi connectivity index (χ0v) is 61.9. The van der Waals surface area contributed by atoms with Crippen LogP contribution in [0.1, 0.15) is 192 Å². The molecule has 0 radical (unpaired) electrons. The maximum Gasteiger partial charge on any atom is 0.331 e. The monoisotopic (exact) mass is 1250 g/mol. The van der Waals surface area contributed by atoms with Crippen LogP contribution in [0, 0.1) is 47.3 Å². The minimum Gasteiger partial charge on any atom is -0.458 e. The van der Waals surface area contributed by atoms with Gasteiger partial charge in [0, 0.05) is 84.5 Å². The van der Waals surface area contributed by atoms with Crippen molar-refractivity contribution in [3.8, 4) is 0 Å². The number of hydrogen-bond donors (Lipinski definition) is 2. The van der Waals surface area contributed by atoms with Crippen LogP contribution in [-0.4, -0.2) is 116 Å². The van der Waals surface area contributed by atoms with Crippen LogP contribution in [-0.2, 0) is 46.4 Å². The van der Waals surface area contributed by atoms with Gasteiger partial charge in [-0.25, -0.2) is 9.59 Å². The van der Waals surface area contributed by atoms with Crippen molar-refractivity contribution in [3.05, 3.63) is 48.6 Å². The molecule has 1 aliphatic rings. The first-order chi connectivity index (χ1) is 39.4. The molecule has 0 fully saturated rings. The van der Waals surface area contributed by atoms with Crippen LogP contribution in [0.25, 0.3) is 0 Å². The van der Waals surface area contributed by atoms with Crippen LogP contribution in [0.4, 0.5) is 0 Å². The van der Waals surface area contributed by atoms with Crippen LogP contribution in [0.2, 0.25) is 71.5 Å². The van der Waals surface area contributed by atoms with E-state index in [1.165, 1.54) is 12.2 Å². The van der Waals surface area contributed by atoms with Crippen molar-refractivity contribution in [2.75, 3.05) is 0 Å². The van der Waals surface area contributed by atoms with Crippen LogP contribution in [0.5, 0.6) is 0 Å². The molecule has 12 nitrogen and oxygen atoms in total. The van der Waals surface area contributed by atoms with E-state index in [4.69, 9.17) is 27.2 Å². The van der Waals surface area contributed by atoms with E-state index in [2.05, 4.69) is 125 Å². The molecule has 1 aliphatic heterocycles. The summed E-state index contributed by atoms with van der Waals surface area (Å²) in [4.78, 5) is 57.5. The second-order valence-corrected chi connectivity index (χ2v) is 45.4. The van der Waals surface area contributed by atoms with Gasteiger partial charge >= 0.3 is 11.9 Å². The van der Waals surface area contributed by atoms with E-state index >= 15 is 0 Å². The highest BCUT2D eigenvalue weighted by Crippen LogP contribution is 2.40. The lowest BCUT2D eigenvalue weighted by Crippen LogP contribution is -2.50. The lowest BCUT2D eigenvalue weighted by Gasteiger charge is -2.42. The number of ether oxygens (including phenoxy) is 2. The molecule has 0 spiro atoms. The molecule has 16 atom stereocenters. The smallest absolute Gasteiger partial charge is 0.331 e. The summed E-state index contributed by atoms with van der Waals surface area (Å²) in [6.45, 7) is 50.7. The second kappa shape index (κ2) is 38.4. The van der Waals surface area contributed by atoms with E-state index in [1.807, 2.05) is 53.7 Å². The summed E-state index contributed by atoms with van der Waals surface area (Å²) < 4.78 is 41.4. The van der Waals surface area contributed by atoms with Crippen molar-refractivity contribution in [3.63, 3.8) is 0 Å². The maximum atomic E-state index is 14.7. The first-order valence-corrected chi connectivity index (χ1v) is 43.5. The molecule has 0 aromatic heterocycles. The average molecular weight is 1250 g/mol. The van der Waals surface area contributed by atoms with Crippen molar-refractivity contribution >= 4 is 56.8 Å². The second-order valence-electron chi connectivity index (χ2n) is 26.1. The number of Topliss-reactive ketones (excluding diaryl/α,β-unsaturated/α-hetero) is 2. The minimum atomic E-state index is -2.37. The third-order valence-electron chi connectivity index (χ3n) is 21.1. The van der Waals surface area contributed by atoms with Gasteiger partial charge in [-0.2, -0.15) is 0 Å². The van der Waals surface area contributed by atoms with E-state index in [-0.39, 0.29) is 60.3 Å². The largest absolute Gasteiger partial charge is 0.458 e. The molecular formula is C68H128O12Si4. The number of aliphatic hydroxyl groups is 2. The highest BCUT2D eigenvalue weighted by Gasteiger charge is 2.47. The topological polar surface area (TPSA) is 164 Å². The van der Waals surface area contributed by atoms with Gasteiger partial charge in [0.2, 0.25) is 0 Å². The van der Waals surface area contributed by atoms with Crippen LogP contribution in [0.15, 0.2) is 48.6 Å². The van der Waals surface area contributed by atoms with Gasteiger partial charge in [-0.15, -0.1) is 0 Å². The highest BCUT2D eigenvalue weighted by atomic mass is 28.4. The van der Waals surface area contributed by atoms with E-state index in [0.29, 0.717) is 23.9 Å². The van der Waals surface area contributed by atoms with Crippen molar-refractivity contribution in [2.45, 2.75) is 312 Å². The van der Waals surface area contributed by atoms with E-state index in [9.17, 15) is 29.4 Å². The van der Waals surface area contributed by atoms with Crippen molar-refractivity contribution in [2.24, 2.45) is 47.3 Å². The Hall–Kier alpha value is -2.13. The predicted octanol–water partition coefficient (Wildman–Crippen LogP) is 16.9. The number of ketones is 2. The Balaban J connectivity index is 3.81. The van der Waals surface area contributed by atoms with E-state index < -0.39 is 106 Å². The number of carbonyl (C=O) groups is 4. The Morgan fingerprint density at radius 1 is 0.464 bits per heavy atom. The number of carbonyl (C=O) groups excluding carboxylic acids is 4. The molecule has 0 amide bonds. The lowest BCUT2D eigenvalue weighted by atomic mass is 9.80. The van der Waals surface area contributed by atoms with Gasteiger partial charge in [0.15, 0.2) is 33.3 Å². The fraction of sp³-hybridized carbons (Fsp3) is 0.824. The fourth-order valence-electron chi connectivity index (χ4n) is 13.9. The number of hydrogen-bond acceptors (Lipinski definition) is 12. The Kier molecular flexibility index (Phi) is 36.5. The average Bonchev–Trinajstić information content (AvgIpc) is 3.58. The van der Waals surface area contributed by atoms with Crippen molar-refractivity contribution < 1.29 is 56.6 Å². The highest BCUT2D eigenvalue weighted by molar-refractivity contribution is 6.75. The normalized spacial score (nSPS) is 24.1. The quantitative estimate of drug-likeness (QED) is 0.0445. The fourth-order valence-corrected chi connectivity index (χ4v) is 27.2. The zero-order chi connectivity index (χ0) is 64.5. The summed E-state index contributed by atoms with van der Waals surface area (Å²) in [6, 6.07) is 9.06. The number of allylic oxidation sites excluding steroid dienone is 4. The van der Waals surface area contributed by atoms with E-state index in [1.54, 1.807) is 24.3 Å². The molecule has 488 valence electrons.